The van der Waals surface area contributed by atoms with Gasteiger partial charge < -0.3 is 4.74 Å². The van der Waals surface area contributed by atoms with Gasteiger partial charge in [0.25, 0.3) is 0 Å². The summed E-state index contributed by atoms with van der Waals surface area (Å²) in [5.41, 5.74) is 1.53. The highest BCUT2D eigenvalue weighted by molar-refractivity contribution is 7.91. The van der Waals surface area contributed by atoms with Gasteiger partial charge in [-0.15, -0.1) is 0 Å². The van der Waals surface area contributed by atoms with Crippen LogP contribution in [-0.4, -0.2) is 15.0 Å². The SMILES string of the molecule is Cc1cc(C2(C)CCO2)ccc1S(=O)(=O)c1ccccc1. The molecule has 0 bridgehead atoms. The van der Waals surface area contributed by atoms with Crippen LogP contribution < -0.4 is 0 Å². The molecule has 0 aliphatic carbocycles. The molecule has 0 N–H and O–H groups in total. The Morgan fingerprint density at radius 3 is 2.29 bits per heavy atom. The van der Waals surface area contributed by atoms with E-state index in [4.69, 9.17) is 4.74 Å². The van der Waals surface area contributed by atoms with Gasteiger partial charge in [0, 0.05) is 6.42 Å². The van der Waals surface area contributed by atoms with E-state index in [2.05, 4.69) is 0 Å². The summed E-state index contributed by atoms with van der Waals surface area (Å²) in [6.45, 7) is 4.64. The zero-order valence-electron chi connectivity index (χ0n) is 12.2. The van der Waals surface area contributed by atoms with Gasteiger partial charge in [-0.25, -0.2) is 8.42 Å². The van der Waals surface area contributed by atoms with Gasteiger partial charge in [-0.1, -0.05) is 30.3 Å². The molecule has 1 atom stereocenters. The van der Waals surface area contributed by atoms with Crippen molar-refractivity contribution in [1.82, 2.24) is 0 Å². The first kappa shape index (κ1) is 14.3. The fraction of sp³-hybridized carbons (Fsp3) is 0.294. The highest BCUT2D eigenvalue weighted by atomic mass is 32.2. The van der Waals surface area contributed by atoms with E-state index in [9.17, 15) is 8.42 Å². The Bertz CT molecular complexity index is 760. The molecule has 1 aliphatic rings. The summed E-state index contributed by atoms with van der Waals surface area (Å²) >= 11 is 0. The summed E-state index contributed by atoms with van der Waals surface area (Å²) in [5, 5.41) is 0. The van der Waals surface area contributed by atoms with Crippen LogP contribution in [0.2, 0.25) is 0 Å². The molecule has 4 heteroatoms. The van der Waals surface area contributed by atoms with Gasteiger partial charge in [-0.3, -0.25) is 0 Å². The average molecular weight is 302 g/mol. The molecule has 21 heavy (non-hydrogen) atoms. The largest absolute Gasteiger partial charge is 0.370 e. The molecule has 2 aromatic carbocycles. The van der Waals surface area contributed by atoms with Gasteiger partial charge in [-0.05, 0) is 43.2 Å². The minimum atomic E-state index is -3.46. The first-order valence-electron chi connectivity index (χ1n) is 6.99. The Morgan fingerprint density at radius 1 is 1.10 bits per heavy atom. The highest BCUT2D eigenvalue weighted by Crippen LogP contribution is 2.38. The van der Waals surface area contributed by atoms with E-state index in [1.807, 2.05) is 32.0 Å². The summed E-state index contributed by atoms with van der Waals surface area (Å²) in [6, 6.07) is 14.0. The second kappa shape index (κ2) is 4.97. The zero-order chi connectivity index (χ0) is 15.1. The van der Waals surface area contributed by atoms with Gasteiger partial charge in [0.15, 0.2) is 0 Å². The van der Waals surface area contributed by atoms with Crippen molar-refractivity contribution in [2.45, 2.75) is 35.7 Å². The van der Waals surface area contributed by atoms with E-state index in [0.717, 1.165) is 24.2 Å². The van der Waals surface area contributed by atoms with Gasteiger partial charge in [-0.2, -0.15) is 0 Å². The maximum atomic E-state index is 12.7. The van der Waals surface area contributed by atoms with E-state index in [0.29, 0.717) is 9.79 Å². The van der Waals surface area contributed by atoms with Crippen molar-refractivity contribution >= 4 is 9.84 Å². The molecule has 0 saturated carbocycles. The molecular formula is C17H18O3S. The molecule has 3 nitrogen and oxygen atoms in total. The lowest BCUT2D eigenvalue weighted by molar-refractivity contribution is -0.140. The highest BCUT2D eigenvalue weighted by Gasteiger charge is 2.35. The molecule has 3 rings (SSSR count). The minimum Gasteiger partial charge on any atom is -0.370 e. The molecule has 1 saturated heterocycles. The van der Waals surface area contributed by atoms with Crippen LogP contribution in [0.4, 0.5) is 0 Å². The number of aryl methyl sites for hydroxylation is 1. The minimum absolute atomic E-state index is 0.264. The molecule has 1 heterocycles. The number of ether oxygens (including phenoxy) is 1. The van der Waals surface area contributed by atoms with Crippen molar-refractivity contribution in [3.05, 3.63) is 59.7 Å². The third-order valence-corrected chi connectivity index (χ3v) is 6.06. The predicted octanol–water partition coefficient (Wildman–Crippen LogP) is 3.46. The number of rotatable bonds is 3. The number of benzene rings is 2. The smallest absolute Gasteiger partial charge is 0.206 e. The number of sulfone groups is 1. The average Bonchev–Trinajstić information content (AvgIpc) is 2.45. The van der Waals surface area contributed by atoms with Crippen LogP contribution in [0, 0.1) is 6.92 Å². The van der Waals surface area contributed by atoms with Crippen LogP contribution in [-0.2, 0) is 20.2 Å². The second-order valence-electron chi connectivity index (χ2n) is 5.63. The lowest BCUT2D eigenvalue weighted by Gasteiger charge is -2.39. The van der Waals surface area contributed by atoms with Crippen molar-refractivity contribution in [3.8, 4) is 0 Å². The van der Waals surface area contributed by atoms with Crippen molar-refractivity contribution in [1.29, 1.82) is 0 Å². The van der Waals surface area contributed by atoms with E-state index < -0.39 is 9.84 Å². The predicted molar refractivity (Wildman–Crippen MR) is 81.0 cm³/mol. The third kappa shape index (κ3) is 2.39. The van der Waals surface area contributed by atoms with Crippen molar-refractivity contribution in [2.75, 3.05) is 6.61 Å². The molecule has 110 valence electrons. The van der Waals surface area contributed by atoms with Gasteiger partial charge in [0.1, 0.15) is 0 Å². The monoisotopic (exact) mass is 302 g/mol. The molecule has 0 radical (unpaired) electrons. The zero-order valence-corrected chi connectivity index (χ0v) is 13.0. The summed E-state index contributed by atoms with van der Waals surface area (Å²) in [5.74, 6) is 0. The third-order valence-electron chi connectivity index (χ3n) is 4.13. The summed E-state index contributed by atoms with van der Waals surface area (Å²) in [7, 11) is -3.46. The van der Waals surface area contributed by atoms with Crippen LogP contribution in [0.25, 0.3) is 0 Å². The first-order chi connectivity index (χ1) is 9.93. The Hall–Kier alpha value is -1.65. The number of hydrogen-bond acceptors (Lipinski definition) is 3. The van der Waals surface area contributed by atoms with Gasteiger partial charge >= 0.3 is 0 Å². The lowest BCUT2D eigenvalue weighted by atomic mass is 9.88. The van der Waals surface area contributed by atoms with E-state index in [1.165, 1.54) is 0 Å². The second-order valence-corrected chi connectivity index (χ2v) is 7.54. The normalized spacial score (nSPS) is 21.8. The van der Waals surface area contributed by atoms with Crippen molar-refractivity contribution in [2.24, 2.45) is 0 Å². The Morgan fingerprint density at radius 2 is 1.76 bits per heavy atom. The summed E-state index contributed by atoms with van der Waals surface area (Å²) in [6.07, 6.45) is 0.969. The standard InChI is InChI=1S/C17H18O3S/c1-13-12-14(17(2)10-11-20-17)8-9-16(13)21(18,19)15-6-4-3-5-7-15/h3-9,12H,10-11H2,1-2H3. The summed E-state index contributed by atoms with van der Waals surface area (Å²) < 4.78 is 31.0. The Kier molecular flexibility index (Phi) is 3.38. The molecule has 0 aromatic heterocycles. The van der Waals surface area contributed by atoms with Gasteiger partial charge in [0.2, 0.25) is 9.84 Å². The van der Waals surface area contributed by atoms with Crippen LogP contribution in [0.3, 0.4) is 0 Å². The maximum absolute atomic E-state index is 12.7. The maximum Gasteiger partial charge on any atom is 0.206 e. The Labute approximate surface area is 125 Å². The van der Waals surface area contributed by atoms with Crippen molar-refractivity contribution in [3.63, 3.8) is 0 Å². The Balaban J connectivity index is 2.04. The first-order valence-corrected chi connectivity index (χ1v) is 8.47. The number of hydrogen-bond donors (Lipinski definition) is 0. The topological polar surface area (TPSA) is 43.4 Å². The van der Waals surface area contributed by atoms with Crippen LogP contribution in [0.5, 0.6) is 0 Å². The van der Waals surface area contributed by atoms with Crippen molar-refractivity contribution < 1.29 is 13.2 Å². The van der Waals surface area contributed by atoms with E-state index >= 15 is 0 Å². The quantitative estimate of drug-likeness (QED) is 0.872. The molecule has 1 unspecified atom stereocenters. The lowest BCUT2D eigenvalue weighted by Crippen LogP contribution is -2.37. The van der Waals surface area contributed by atoms with E-state index in [1.54, 1.807) is 30.3 Å². The fourth-order valence-electron chi connectivity index (χ4n) is 2.64. The van der Waals surface area contributed by atoms with Crippen LogP contribution in [0.15, 0.2) is 58.3 Å². The van der Waals surface area contributed by atoms with E-state index in [-0.39, 0.29) is 5.60 Å². The molecule has 1 fully saturated rings. The molecule has 0 amide bonds. The van der Waals surface area contributed by atoms with Crippen LogP contribution >= 0.6 is 0 Å². The molecule has 0 spiro atoms. The molecular weight excluding hydrogens is 284 g/mol. The fourth-order valence-corrected chi connectivity index (χ4v) is 4.14. The molecule has 2 aromatic rings. The summed E-state index contributed by atoms with van der Waals surface area (Å²) in [4.78, 5) is 0.687. The molecule has 1 aliphatic heterocycles. The van der Waals surface area contributed by atoms with Crippen LogP contribution in [0.1, 0.15) is 24.5 Å². The van der Waals surface area contributed by atoms with Gasteiger partial charge in [0.05, 0.1) is 22.0 Å².